The smallest absolute Gasteiger partial charge is 0.241 e. The van der Waals surface area contributed by atoms with Crippen LogP contribution in [0.15, 0.2) is 48.7 Å². The number of nitrogens with one attached hydrogen (secondary N) is 2. The van der Waals surface area contributed by atoms with Crippen molar-refractivity contribution in [2.75, 3.05) is 20.2 Å². The van der Waals surface area contributed by atoms with Crippen molar-refractivity contribution in [2.45, 2.75) is 24.4 Å². The zero-order valence-electron chi connectivity index (χ0n) is 14.2. The van der Waals surface area contributed by atoms with Gasteiger partial charge in [-0.15, -0.1) is 0 Å². The standard InChI is InChI=1S/C19H22N4O2/c1-25-15-6-4-5-13(9-15)17-10-18(22-21-17)19(24)23-11-14(12-23)16-7-2-3-8-20-16/h2-9,14,17-18,21-22H,10-12H2,1H3. The molecule has 0 spiro atoms. The van der Waals surface area contributed by atoms with Crippen LogP contribution < -0.4 is 15.6 Å². The van der Waals surface area contributed by atoms with Crippen molar-refractivity contribution in [1.29, 1.82) is 0 Å². The highest BCUT2D eigenvalue weighted by Crippen LogP contribution is 2.29. The van der Waals surface area contributed by atoms with E-state index in [4.69, 9.17) is 4.74 Å². The minimum Gasteiger partial charge on any atom is -0.497 e. The van der Waals surface area contributed by atoms with E-state index in [1.165, 1.54) is 0 Å². The number of likely N-dealkylation sites (tertiary alicyclic amines) is 1. The molecule has 1 aromatic heterocycles. The van der Waals surface area contributed by atoms with Crippen LogP contribution in [0.1, 0.15) is 29.6 Å². The van der Waals surface area contributed by atoms with Crippen LogP contribution in [0, 0.1) is 0 Å². The summed E-state index contributed by atoms with van der Waals surface area (Å²) in [5.41, 5.74) is 8.57. The number of pyridine rings is 1. The molecular weight excluding hydrogens is 316 g/mol. The van der Waals surface area contributed by atoms with Gasteiger partial charge in [0.05, 0.1) is 7.11 Å². The van der Waals surface area contributed by atoms with E-state index < -0.39 is 0 Å². The van der Waals surface area contributed by atoms with Crippen LogP contribution in [0.3, 0.4) is 0 Å². The molecule has 0 bridgehead atoms. The molecule has 1 amide bonds. The van der Waals surface area contributed by atoms with E-state index in [2.05, 4.69) is 21.9 Å². The Balaban J connectivity index is 1.34. The quantitative estimate of drug-likeness (QED) is 0.887. The first kappa shape index (κ1) is 16.1. The highest BCUT2D eigenvalue weighted by atomic mass is 16.5. The molecule has 2 atom stereocenters. The van der Waals surface area contributed by atoms with Crippen molar-refractivity contribution < 1.29 is 9.53 Å². The Morgan fingerprint density at radius 2 is 2.08 bits per heavy atom. The number of hydrogen-bond acceptors (Lipinski definition) is 5. The van der Waals surface area contributed by atoms with Crippen LogP contribution in [0.4, 0.5) is 0 Å². The van der Waals surface area contributed by atoms with E-state index in [0.29, 0.717) is 5.92 Å². The Morgan fingerprint density at radius 1 is 1.20 bits per heavy atom. The lowest BCUT2D eigenvalue weighted by molar-refractivity contribution is -0.137. The summed E-state index contributed by atoms with van der Waals surface area (Å²) in [7, 11) is 1.66. The molecule has 1 aromatic carbocycles. The average Bonchev–Trinajstić information content (AvgIpc) is 3.11. The van der Waals surface area contributed by atoms with Gasteiger partial charge < -0.3 is 9.64 Å². The molecule has 0 aliphatic carbocycles. The fraction of sp³-hybridized carbons (Fsp3) is 0.368. The molecule has 4 rings (SSSR count). The van der Waals surface area contributed by atoms with Crippen LogP contribution in [0.25, 0.3) is 0 Å². The first-order valence-electron chi connectivity index (χ1n) is 8.59. The molecule has 2 saturated heterocycles. The Labute approximate surface area is 147 Å². The fourth-order valence-electron chi connectivity index (χ4n) is 3.48. The molecule has 130 valence electrons. The van der Waals surface area contributed by atoms with E-state index in [9.17, 15) is 4.79 Å². The summed E-state index contributed by atoms with van der Waals surface area (Å²) in [6.07, 6.45) is 2.54. The number of benzene rings is 1. The molecule has 2 aromatic rings. The second-order valence-electron chi connectivity index (χ2n) is 6.60. The molecule has 3 heterocycles. The summed E-state index contributed by atoms with van der Waals surface area (Å²) in [6, 6.07) is 13.8. The normalized spacial score (nSPS) is 23.3. The fourth-order valence-corrected chi connectivity index (χ4v) is 3.48. The van der Waals surface area contributed by atoms with E-state index in [0.717, 1.165) is 36.5 Å². The first-order chi connectivity index (χ1) is 12.2. The van der Waals surface area contributed by atoms with Crippen LogP contribution in [0.2, 0.25) is 0 Å². The van der Waals surface area contributed by atoms with Gasteiger partial charge in [-0.3, -0.25) is 9.78 Å². The Bertz CT molecular complexity index is 746. The third kappa shape index (κ3) is 3.23. The predicted molar refractivity (Wildman–Crippen MR) is 94.0 cm³/mol. The van der Waals surface area contributed by atoms with Gasteiger partial charge in [-0.1, -0.05) is 18.2 Å². The second kappa shape index (κ2) is 6.82. The maximum absolute atomic E-state index is 12.7. The second-order valence-corrected chi connectivity index (χ2v) is 6.60. The monoisotopic (exact) mass is 338 g/mol. The topological polar surface area (TPSA) is 66.5 Å². The van der Waals surface area contributed by atoms with E-state index in [1.807, 2.05) is 41.3 Å². The van der Waals surface area contributed by atoms with Crippen LogP contribution in [-0.2, 0) is 4.79 Å². The number of methoxy groups -OCH3 is 1. The number of amides is 1. The third-order valence-electron chi connectivity index (χ3n) is 5.00. The molecule has 2 fully saturated rings. The highest BCUT2D eigenvalue weighted by molar-refractivity contribution is 5.83. The summed E-state index contributed by atoms with van der Waals surface area (Å²) in [5.74, 6) is 1.34. The molecular formula is C19H22N4O2. The minimum atomic E-state index is -0.194. The van der Waals surface area contributed by atoms with Crippen LogP contribution >= 0.6 is 0 Å². The molecule has 6 heteroatoms. The number of hydrazine groups is 1. The summed E-state index contributed by atoms with van der Waals surface area (Å²) in [6.45, 7) is 1.50. The maximum atomic E-state index is 12.7. The van der Waals surface area contributed by atoms with Crippen LogP contribution in [0.5, 0.6) is 5.75 Å². The lowest BCUT2D eigenvalue weighted by Crippen LogP contribution is -2.54. The molecule has 2 aliphatic heterocycles. The number of hydrogen-bond donors (Lipinski definition) is 2. The maximum Gasteiger partial charge on any atom is 0.241 e. The summed E-state index contributed by atoms with van der Waals surface area (Å²) >= 11 is 0. The summed E-state index contributed by atoms with van der Waals surface area (Å²) in [5, 5.41) is 0. The molecule has 6 nitrogen and oxygen atoms in total. The molecule has 2 aliphatic rings. The highest BCUT2D eigenvalue weighted by Gasteiger charge is 2.39. The lowest BCUT2D eigenvalue weighted by atomic mass is 9.94. The van der Waals surface area contributed by atoms with E-state index in [1.54, 1.807) is 13.3 Å². The largest absolute Gasteiger partial charge is 0.497 e. The van der Waals surface area contributed by atoms with E-state index >= 15 is 0 Å². The third-order valence-corrected chi connectivity index (χ3v) is 5.00. The lowest BCUT2D eigenvalue weighted by Gasteiger charge is -2.40. The van der Waals surface area contributed by atoms with Crippen molar-refractivity contribution >= 4 is 5.91 Å². The predicted octanol–water partition coefficient (Wildman–Crippen LogP) is 1.62. The zero-order chi connectivity index (χ0) is 17.2. The summed E-state index contributed by atoms with van der Waals surface area (Å²) < 4.78 is 5.28. The van der Waals surface area contributed by atoms with Crippen molar-refractivity contribution in [3.63, 3.8) is 0 Å². The minimum absolute atomic E-state index is 0.108. The van der Waals surface area contributed by atoms with Gasteiger partial charge in [0.15, 0.2) is 0 Å². The van der Waals surface area contributed by atoms with Gasteiger partial charge in [0.25, 0.3) is 0 Å². The first-order valence-corrected chi connectivity index (χ1v) is 8.59. The van der Waals surface area contributed by atoms with Gasteiger partial charge in [0.1, 0.15) is 11.8 Å². The number of rotatable bonds is 4. The van der Waals surface area contributed by atoms with Crippen molar-refractivity contribution in [3.05, 3.63) is 59.9 Å². The van der Waals surface area contributed by atoms with Gasteiger partial charge in [0.2, 0.25) is 5.91 Å². The van der Waals surface area contributed by atoms with Crippen molar-refractivity contribution in [3.8, 4) is 5.75 Å². The van der Waals surface area contributed by atoms with E-state index in [-0.39, 0.29) is 18.0 Å². The van der Waals surface area contributed by atoms with Gasteiger partial charge in [0, 0.05) is 36.9 Å². The van der Waals surface area contributed by atoms with Gasteiger partial charge >= 0.3 is 0 Å². The molecule has 2 N–H and O–H groups in total. The Hall–Kier alpha value is -2.44. The number of aromatic nitrogens is 1. The average molecular weight is 338 g/mol. The molecule has 0 radical (unpaired) electrons. The Morgan fingerprint density at radius 3 is 2.84 bits per heavy atom. The van der Waals surface area contributed by atoms with Crippen molar-refractivity contribution in [1.82, 2.24) is 20.7 Å². The molecule has 25 heavy (non-hydrogen) atoms. The number of carbonyl (C=O) groups excluding carboxylic acids is 1. The Kier molecular flexibility index (Phi) is 4.38. The van der Waals surface area contributed by atoms with Gasteiger partial charge in [-0.25, -0.2) is 10.9 Å². The molecule has 0 saturated carbocycles. The molecule has 2 unspecified atom stereocenters. The van der Waals surface area contributed by atoms with Crippen LogP contribution in [-0.4, -0.2) is 42.0 Å². The number of nitrogens with zero attached hydrogens (tertiary/aromatic N) is 2. The summed E-state index contributed by atoms with van der Waals surface area (Å²) in [4.78, 5) is 19.0. The number of carbonyl (C=O) groups is 1. The van der Waals surface area contributed by atoms with Crippen molar-refractivity contribution in [2.24, 2.45) is 0 Å². The van der Waals surface area contributed by atoms with Gasteiger partial charge in [-0.05, 0) is 36.2 Å². The van der Waals surface area contributed by atoms with Gasteiger partial charge in [-0.2, -0.15) is 0 Å². The zero-order valence-corrected chi connectivity index (χ0v) is 14.2. The number of ether oxygens (including phenoxy) is 1. The SMILES string of the molecule is COc1cccc(C2CC(C(=O)N3CC(c4ccccn4)C3)NN2)c1.